The molecule has 0 atom stereocenters. The summed E-state index contributed by atoms with van der Waals surface area (Å²) in [5, 5.41) is 6.93. The Morgan fingerprint density at radius 3 is 2.78 bits per heavy atom. The number of carbonyl (C=O) groups is 1. The van der Waals surface area contributed by atoms with Crippen LogP contribution < -0.4 is 5.32 Å². The summed E-state index contributed by atoms with van der Waals surface area (Å²) in [5.74, 6) is -0.244. The van der Waals surface area contributed by atoms with Crippen LogP contribution in [0, 0.1) is 0 Å². The number of hydrogen-bond donors (Lipinski definition) is 1. The van der Waals surface area contributed by atoms with Crippen molar-refractivity contribution >= 4 is 17.2 Å². The summed E-state index contributed by atoms with van der Waals surface area (Å²) in [6.45, 7) is 0. The molecule has 2 aromatic heterocycles. The van der Waals surface area contributed by atoms with Crippen molar-refractivity contribution in [2.75, 3.05) is 5.32 Å². The summed E-state index contributed by atoms with van der Waals surface area (Å²) >= 11 is 0. The van der Waals surface area contributed by atoms with Gasteiger partial charge in [-0.25, -0.2) is 9.50 Å². The zero-order chi connectivity index (χ0) is 12.4. The van der Waals surface area contributed by atoms with E-state index in [2.05, 4.69) is 15.4 Å². The van der Waals surface area contributed by atoms with Gasteiger partial charge in [0.1, 0.15) is 0 Å². The molecule has 1 amide bonds. The summed E-state index contributed by atoms with van der Waals surface area (Å²) in [5.41, 5.74) is 1.74. The molecule has 2 heterocycles. The Labute approximate surface area is 103 Å². The third kappa shape index (κ3) is 1.93. The summed E-state index contributed by atoms with van der Waals surface area (Å²) in [6, 6.07) is 12.7. The Bertz CT molecular complexity index is 657. The maximum Gasteiger partial charge on any atom is 0.276 e. The highest BCUT2D eigenvalue weighted by Gasteiger charge is 2.11. The van der Waals surface area contributed by atoms with Gasteiger partial charge in [0.15, 0.2) is 11.3 Å². The summed E-state index contributed by atoms with van der Waals surface area (Å²) in [7, 11) is 0. The van der Waals surface area contributed by atoms with Crippen LogP contribution in [-0.4, -0.2) is 20.5 Å². The van der Waals surface area contributed by atoms with Gasteiger partial charge in [-0.15, -0.1) is 0 Å². The van der Waals surface area contributed by atoms with Crippen LogP contribution in [0.4, 0.5) is 5.69 Å². The van der Waals surface area contributed by atoms with Crippen molar-refractivity contribution in [2.24, 2.45) is 0 Å². The number of carbonyl (C=O) groups excluding carboxylic acids is 1. The van der Waals surface area contributed by atoms with E-state index in [9.17, 15) is 4.79 Å². The van der Waals surface area contributed by atoms with E-state index < -0.39 is 0 Å². The molecular weight excluding hydrogens is 228 g/mol. The van der Waals surface area contributed by atoms with Crippen molar-refractivity contribution in [3.8, 4) is 0 Å². The number of anilines is 1. The van der Waals surface area contributed by atoms with E-state index in [1.807, 2.05) is 30.3 Å². The third-order valence-electron chi connectivity index (χ3n) is 2.50. The topological polar surface area (TPSA) is 59.3 Å². The Kier molecular flexibility index (Phi) is 2.49. The SMILES string of the molecule is O=C(Nc1ccccc1)c1cc2ncccn2n1. The summed E-state index contributed by atoms with van der Waals surface area (Å²) < 4.78 is 1.57. The molecule has 5 nitrogen and oxygen atoms in total. The van der Waals surface area contributed by atoms with Crippen molar-refractivity contribution in [2.45, 2.75) is 0 Å². The molecule has 0 aliphatic carbocycles. The highest BCUT2D eigenvalue weighted by atomic mass is 16.1. The van der Waals surface area contributed by atoms with E-state index >= 15 is 0 Å². The van der Waals surface area contributed by atoms with Crippen LogP contribution in [0.1, 0.15) is 10.5 Å². The minimum Gasteiger partial charge on any atom is -0.321 e. The second-order valence-electron chi connectivity index (χ2n) is 3.77. The number of rotatable bonds is 2. The predicted molar refractivity (Wildman–Crippen MR) is 67.4 cm³/mol. The fraction of sp³-hybridized carbons (Fsp3) is 0. The summed E-state index contributed by atoms with van der Waals surface area (Å²) in [4.78, 5) is 16.1. The second-order valence-corrected chi connectivity index (χ2v) is 3.77. The molecule has 1 aromatic carbocycles. The molecule has 0 aliphatic rings. The first-order valence-corrected chi connectivity index (χ1v) is 5.50. The monoisotopic (exact) mass is 238 g/mol. The molecule has 18 heavy (non-hydrogen) atoms. The molecule has 0 spiro atoms. The van der Waals surface area contributed by atoms with Gasteiger partial charge < -0.3 is 5.32 Å². The largest absolute Gasteiger partial charge is 0.321 e. The first kappa shape index (κ1) is 10.5. The molecule has 3 rings (SSSR count). The molecule has 0 bridgehead atoms. The Balaban J connectivity index is 1.88. The van der Waals surface area contributed by atoms with Crippen molar-refractivity contribution in [1.82, 2.24) is 14.6 Å². The van der Waals surface area contributed by atoms with E-state index in [-0.39, 0.29) is 5.91 Å². The standard InChI is InChI=1S/C13H10N4O/c18-13(15-10-5-2-1-3-6-10)11-9-12-14-7-4-8-17(12)16-11/h1-9H,(H,15,18). The van der Waals surface area contributed by atoms with E-state index in [0.29, 0.717) is 11.3 Å². The van der Waals surface area contributed by atoms with Gasteiger partial charge in [-0.3, -0.25) is 4.79 Å². The van der Waals surface area contributed by atoms with Gasteiger partial charge in [0.05, 0.1) is 0 Å². The maximum atomic E-state index is 12.0. The van der Waals surface area contributed by atoms with Crippen LogP contribution in [-0.2, 0) is 0 Å². The normalized spacial score (nSPS) is 10.4. The van der Waals surface area contributed by atoms with Crippen LogP contribution in [0.2, 0.25) is 0 Å². The lowest BCUT2D eigenvalue weighted by Gasteiger charge is -2.01. The minimum atomic E-state index is -0.244. The third-order valence-corrected chi connectivity index (χ3v) is 2.50. The molecule has 0 aliphatic heterocycles. The molecule has 0 fully saturated rings. The Morgan fingerprint density at radius 1 is 1.17 bits per heavy atom. The molecule has 3 aromatic rings. The number of nitrogens with zero attached hydrogens (tertiary/aromatic N) is 3. The van der Waals surface area contributed by atoms with Crippen molar-refractivity contribution < 1.29 is 4.79 Å². The molecule has 0 saturated heterocycles. The average molecular weight is 238 g/mol. The Hall–Kier alpha value is -2.69. The van der Waals surface area contributed by atoms with Crippen LogP contribution >= 0.6 is 0 Å². The number of fused-ring (bicyclic) bond motifs is 1. The predicted octanol–water partition coefficient (Wildman–Crippen LogP) is 1.98. The molecule has 5 heteroatoms. The first-order valence-electron chi connectivity index (χ1n) is 5.50. The first-order chi connectivity index (χ1) is 8.83. The Morgan fingerprint density at radius 2 is 2.00 bits per heavy atom. The van der Waals surface area contributed by atoms with Crippen LogP contribution in [0.5, 0.6) is 0 Å². The molecule has 88 valence electrons. The lowest BCUT2D eigenvalue weighted by Crippen LogP contribution is -2.12. The van der Waals surface area contributed by atoms with Crippen LogP contribution in [0.15, 0.2) is 54.9 Å². The van der Waals surface area contributed by atoms with Gasteiger partial charge in [-0.05, 0) is 18.2 Å². The van der Waals surface area contributed by atoms with E-state index in [4.69, 9.17) is 0 Å². The summed E-state index contributed by atoms with van der Waals surface area (Å²) in [6.07, 6.45) is 3.41. The highest BCUT2D eigenvalue weighted by molar-refractivity contribution is 6.03. The lowest BCUT2D eigenvalue weighted by atomic mass is 10.3. The number of benzene rings is 1. The fourth-order valence-electron chi connectivity index (χ4n) is 1.66. The number of amides is 1. The number of hydrogen-bond acceptors (Lipinski definition) is 3. The molecule has 0 unspecified atom stereocenters. The van der Waals surface area contributed by atoms with E-state index in [1.54, 1.807) is 29.0 Å². The molecule has 0 saturated carbocycles. The number of aromatic nitrogens is 3. The zero-order valence-electron chi connectivity index (χ0n) is 9.45. The highest BCUT2D eigenvalue weighted by Crippen LogP contribution is 2.09. The fourth-order valence-corrected chi connectivity index (χ4v) is 1.66. The maximum absolute atomic E-state index is 12.0. The number of para-hydroxylation sites is 1. The minimum absolute atomic E-state index is 0.244. The molecule has 1 N–H and O–H groups in total. The van der Waals surface area contributed by atoms with Crippen LogP contribution in [0.3, 0.4) is 0 Å². The van der Waals surface area contributed by atoms with E-state index in [0.717, 1.165) is 5.69 Å². The second kappa shape index (κ2) is 4.29. The van der Waals surface area contributed by atoms with Crippen molar-refractivity contribution in [1.29, 1.82) is 0 Å². The quantitative estimate of drug-likeness (QED) is 0.742. The lowest BCUT2D eigenvalue weighted by molar-refractivity contribution is 0.102. The van der Waals surface area contributed by atoms with E-state index in [1.165, 1.54) is 0 Å². The van der Waals surface area contributed by atoms with Gasteiger partial charge in [-0.1, -0.05) is 18.2 Å². The van der Waals surface area contributed by atoms with Gasteiger partial charge in [-0.2, -0.15) is 5.10 Å². The number of nitrogens with one attached hydrogen (secondary N) is 1. The molecule has 0 radical (unpaired) electrons. The van der Waals surface area contributed by atoms with Crippen molar-refractivity contribution in [3.63, 3.8) is 0 Å². The van der Waals surface area contributed by atoms with Gasteiger partial charge in [0.2, 0.25) is 0 Å². The van der Waals surface area contributed by atoms with Gasteiger partial charge in [0, 0.05) is 24.1 Å². The van der Waals surface area contributed by atoms with Crippen molar-refractivity contribution in [3.05, 3.63) is 60.6 Å². The molecular formula is C13H10N4O. The smallest absolute Gasteiger partial charge is 0.276 e. The van der Waals surface area contributed by atoms with Gasteiger partial charge >= 0.3 is 0 Å². The zero-order valence-corrected chi connectivity index (χ0v) is 9.45. The van der Waals surface area contributed by atoms with Crippen LogP contribution in [0.25, 0.3) is 5.65 Å². The van der Waals surface area contributed by atoms with Gasteiger partial charge in [0.25, 0.3) is 5.91 Å². The average Bonchev–Trinajstić information content (AvgIpc) is 2.84.